The van der Waals surface area contributed by atoms with Crippen molar-refractivity contribution in [3.05, 3.63) is 152 Å². The molecule has 2 aliphatic carbocycles. The minimum atomic E-state index is 0.252. The average molecular weight is 463 g/mol. The number of aryl methyl sites for hydroxylation is 1. The van der Waals surface area contributed by atoms with Gasteiger partial charge in [-0.2, -0.15) is 0 Å². The van der Waals surface area contributed by atoms with E-state index < -0.39 is 0 Å². The predicted molar refractivity (Wildman–Crippen MR) is 151 cm³/mol. The van der Waals surface area contributed by atoms with E-state index in [0.29, 0.717) is 5.92 Å². The normalized spacial score (nSPS) is 18.2. The van der Waals surface area contributed by atoms with Gasteiger partial charge in [0.2, 0.25) is 0 Å². The van der Waals surface area contributed by atoms with Crippen LogP contribution in [-0.2, 0) is 6.42 Å². The second-order valence-electron chi connectivity index (χ2n) is 10.6. The summed E-state index contributed by atoms with van der Waals surface area (Å²) < 4.78 is 0. The van der Waals surface area contributed by atoms with Crippen LogP contribution >= 0.6 is 0 Å². The predicted octanol–water partition coefficient (Wildman–Crippen LogP) is 7.14. The molecule has 0 saturated heterocycles. The van der Waals surface area contributed by atoms with Crippen LogP contribution in [-0.4, -0.2) is 0 Å². The maximum atomic E-state index is 2.51. The topological polar surface area (TPSA) is 0 Å². The molecule has 0 radical (unpaired) electrons. The van der Waals surface area contributed by atoms with Gasteiger partial charge in [-0.3, -0.25) is 0 Å². The van der Waals surface area contributed by atoms with Crippen LogP contribution in [0.1, 0.15) is 47.1 Å². The molecule has 0 heteroatoms. The van der Waals surface area contributed by atoms with Gasteiger partial charge in [0.15, 0.2) is 0 Å². The fourth-order valence-corrected chi connectivity index (χ4v) is 6.53. The van der Waals surface area contributed by atoms with Crippen molar-refractivity contribution in [2.45, 2.75) is 32.6 Å². The van der Waals surface area contributed by atoms with E-state index in [4.69, 9.17) is 0 Å². The van der Waals surface area contributed by atoms with Crippen molar-refractivity contribution in [1.82, 2.24) is 0 Å². The van der Waals surface area contributed by atoms with E-state index in [9.17, 15) is 0 Å². The second-order valence-corrected chi connectivity index (χ2v) is 10.6. The second kappa shape index (κ2) is 8.35. The van der Waals surface area contributed by atoms with Crippen LogP contribution in [0.15, 0.2) is 103 Å². The van der Waals surface area contributed by atoms with Crippen molar-refractivity contribution >= 4 is 22.4 Å². The highest BCUT2D eigenvalue weighted by molar-refractivity contribution is 5.84. The first-order chi connectivity index (χ1) is 17.7. The zero-order valence-electron chi connectivity index (χ0n) is 21.0. The number of hydrogen-bond donors (Lipinski definition) is 0. The summed E-state index contributed by atoms with van der Waals surface area (Å²) >= 11 is 0. The standard InChI is InChI=1S/C36H30/c1-23-11-14-26(15-12-23)35-24(2)13-18-33-32(35)20-19-31-30-10-6-5-9-28(30)22-34(36(31)33)29-17-16-25-7-3-4-8-27(25)21-29/h3-12,14-17,19-22,24,34H,13,18H2,1-2H3. The molecule has 0 N–H and O–H groups in total. The SMILES string of the molecule is Cc1ccc(C2=c3ccc4c(c3CCC2C)C(c2ccc3ccccc3c2)C=c2ccccc2=4)cc1. The van der Waals surface area contributed by atoms with E-state index in [0.717, 1.165) is 6.42 Å². The number of rotatable bonds is 2. The third-order valence-corrected chi connectivity index (χ3v) is 8.37. The summed E-state index contributed by atoms with van der Waals surface area (Å²) in [6.45, 7) is 4.57. The molecular weight excluding hydrogens is 432 g/mol. The van der Waals surface area contributed by atoms with Crippen molar-refractivity contribution in [1.29, 1.82) is 0 Å². The Morgan fingerprint density at radius 3 is 2.28 bits per heavy atom. The van der Waals surface area contributed by atoms with Crippen molar-refractivity contribution < 1.29 is 0 Å². The van der Waals surface area contributed by atoms with Crippen molar-refractivity contribution in [3.8, 4) is 0 Å². The molecule has 0 bridgehead atoms. The smallest absolute Gasteiger partial charge is 0.0287 e. The molecule has 0 fully saturated rings. The van der Waals surface area contributed by atoms with Crippen LogP contribution in [0.5, 0.6) is 0 Å². The lowest BCUT2D eigenvalue weighted by atomic mass is 9.75. The lowest BCUT2D eigenvalue weighted by Crippen LogP contribution is -2.28. The first kappa shape index (κ1) is 21.4. The van der Waals surface area contributed by atoms with Crippen LogP contribution in [0.25, 0.3) is 22.4 Å². The average Bonchev–Trinajstić information content (AvgIpc) is 2.92. The molecule has 7 rings (SSSR count). The van der Waals surface area contributed by atoms with Gasteiger partial charge < -0.3 is 0 Å². The Morgan fingerprint density at radius 2 is 1.42 bits per heavy atom. The molecule has 0 heterocycles. The minimum absolute atomic E-state index is 0.252. The lowest BCUT2D eigenvalue weighted by molar-refractivity contribution is 0.637. The third-order valence-electron chi connectivity index (χ3n) is 8.37. The van der Waals surface area contributed by atoms with Crippen LogP contribution in [0, 0.1) is 23.3 Å². The van der Waals surface area contributed by atoms with Gasteiger partial charge in [0.1, 0.15) is 0 Å². The monoisotopic (exact) mass is 462 g/mol. The molecule has 36 heavy (non-hydrogen) atoms. The molecule has 2 unspecified atom stereocenters. The van der Waals surface area contributed by atoms with E-state index in [1.165, 1.54) is 65.9 Å². The summed E-state index contributed by atoms with van der Waals surface area (Å²) in [7, 11) is 0. The quantitative estimate of drug-likeness (QED) is 0.261. The Balaban J connectivity index is 1.58. The molecule has 174 valence electrons. The van der Waals surface area contributed by atoms with Crippen LogP contribution in [0.2, 0.25) is 0 Å². The Morgan fingerprint density at radius 1 is 0.667 bits per heavy atom. The molecule has 0 aromatic heterocycles. The van der Waals surface area contributed by atoms with Crippen molar-refractivity contribution in [2.24, 2.45) is 5.92 Å². The summed E-state index contributed by atoms with van der Waals surface area (Å²) in [5, 5.41) is 8.18. The number of benzene rings is 5. The molecule has 2 aliphatic rings. The molecule has 0 spiro atoms. The zero-order valence-corrected chi connectivity index (χ0v) is 21.0. The first-order valence-electron chi connectivity index (χ1n) is 13.2. The van der Waals surface area contributed by atoms with Crippen LogP contribution in [0.3, 0.4) is 0 Å². The van der Waals surface area contributed by atoms with Gasteiger partial charge in [-0.15, -0.1) is 0 Å². The van der Waals surface area contributed by atoms with Crippen LogP contribution in [0.4, 0.5) is 0 Å². The molecule has 0 saturated carbocycles. The summed E-state index contributed by atoms with van der Waals surface area (Å²) in [4.78, 5) is 0. The molecular formula is C36H30. The fraction of sp³-hybridized carbons (Fsp3) is 0.167. The summed E-state index contributed by atoms with van der Waals surface area (Å²) in [5.41, 5.74) is 8.64. The van der Waals surface area contributed by atoms with Gasteiger partial charge in [-0.1, -0.05) is 122 Å². The highest BCUT2D eigenvalue weighted by Gasteiger charge is 2.26. The molecule has 0 aliphatic heterocycles. The van der Waals surface area contributed by atoms with E-state index in [2.05, 4.69) is 123 Å². The summed E-state index contributed by atoms with van der Waals surface area (Å²) in [6.07, 6.45) is 4.83. The van der Waals surface area contributed by atoms with Gasteiger partial charge >= 0.3 is 0 Å². The Labute approximate surface area is 212 Å². The molecule has 0 amide bonds. The Kier molecular flexibility index (Phi) is 4.96. The zero-order chi connectivity index (χ0) is 24.2. The van der Waals surface area contributed by atoms with Crippen molar-refractivity contribution in [3.63, 3.8) is 0 Å². The maximum absolute atomic E-state index is 2.51. The van der Waals surface area contributed by atoms with Gasteiger partial charge in [-0.25, -0.2) is 0 Å². The van der Waals surface area contributed by atoms with Gasteiger partial charge in [0.05, 0.1) is 0 Å². The van der Waals surface area contributed by atoms with Crippen molar-refractivity contribution in [2.75, 3.05) is 0 Å². The van der Waals surface area contributed by atoms with Gasteiger partial charge in [0.25, 0.3) is 0 Å². The lowest BCUT2D eigenvalue weighted by Gasteiger charge is -2.29. The summed E-state index contributed by atoms with van der Waals surface area (Å²) in [6, 6.07) is 38.6. The maximum Gasteiger partial charge on any atom is 0.0287 e. The Bertz CT molecular complexity index is 1860. The third kappa shape index (κ3) is 3.36. The van der Waals surface area contributed by atoms with E-state index in [-0.39, 0.29) is 5.92 Å². The summed E-state index contributed by atoms with van der Waals surface area (Å²) in [5.74, 6) is 0.805. The molecule has 5 aromatic rings. The van der Waals surface area contributed by atoms with Gasteiger partial charge in [-0.05, 0) is 85.2 Å². The first-order valence-corrected chi connectivity index (χ1v) is 13.2. The van der Waals surface area contributed by atoms with E-state index in [1.54, 1.807) is 5.56 Å². The van der Waals surface area contributed by atoms with Gasteiger partial charge in [0, 0.05) is 5.92 Å². The number of fused-ring (bicyclic) bond motifs is 5. The van der Waals surface area contributed by atoms with Crippen LogP contribution < -0.4 is 10.4 Å². The molecule has 0 nitrogen and oxygen atoms in total. The van der Waals surface area contributed by atoms with E-state index >= 15 is 0 Å². The Hall–Kier alpha value is -3.90. The number of hydrogen-bond acceptors (Lipinski definition) is 0. The minimum Gasteiger partial charge on any atom is -0.0647 e. The van der Waals surface area contributed by atoms with E-state index in [1.807, 2.05) is 0 Å². The highest BCUT2D eigenvalue weighted by atomic mass is 14.3. The molecule has 2 atom stereocenters. The molecule has 5 aromatic carbocycles. The fourth-order valence-electron chi connectivity index (χ4n) is 6.53. The highest BCUT2D eigenvalue weighted by Crippen LogP contribution is 2.36. The largest absolute Gasteiger partial charge is 0.0647 e.